The number of hydrogen-bond acceptors (Lipinski definition) is 4. The molecular formula is C25H40ClNO3. The number of ketones is 1. The van der Waals surface area contributed by atoms with E-state index in [0.717, 1.165) is 57.4 Å². The van der Waals surface area contributed by atoms with E-state index < -0.39 is 0 Å². The lowest BCUT2D eigenvalue weighted by atomic mass is 9.44. The Morgan fingerprint density at radius 2 is 1.80 bits per heavy atom. The first-order chi connectivity index (χ1) is 14.4. The van der Waals surface area contributed by atoms with E-state index in [1.54, 1.807) is 0 Å². The molecule has 5 heteroatoms. The number of carbonyl (C=O) groups is 1. The number of nitrogens with zero attached hydrogens (tertiary/aromatic N) is 1. The Morgan fingerprint density at radius 1 is 1.07 bits per heavy atom. The molecule has 1 heterocycles. The third kappa shape index (κ3) is 3.23. The van der Waals surface area contributed by atoms with E-state index in [0.29, 0.717) is 17.3 Å². The fraction of sp³-hybridized carbons (Fsp3) is 0.960. The zero-order valence-corrected chi connectivity index (χ0v) is 19.6. The minimum atomic E-state index is -0.191. The molecular weight excluding hydrogens is 398 g/mol. The second kappa shape index (κ2) is 8.01. The van der Waals surface area contributed by atoms with Crippen molar-refractivity contribution in [3.8, 4) is 0 Å². The molecule has 4 saturated carbocycles. The summed E-state index contributed by atoms with van der Waals surface area (Å²) in [4.78, 5) is 15.1. The molecule has 0 amide bonds. The molecule has 5 aliphatic rings. The molecule has 170 valence electrons. The van der Waals surface area contributed by atoms with Crippen LogP contribution in [-0.2, 0) is 9.53 Å². The first-order valence-corrected chi connectivity index (χ1v) is 13.0. The number of carbonyl (C=O) groups excluding carboxylic acids is 1. The zero-order chi connectivity index (χ0) is 21.1. The number of morpholine rings is 1. The van der Waals surface area contributed by atoms with Crippen LogP contribution in [0.15, 0.2) is 0 Å². The van der Waals surface area contributed by atoms with E-state index in [-0.39, 0.29) is 35.1 Å². The number of halogens is 1. The molecule has 0 radical (unpaired) electrons. The Bertz CT molecular complexity index is 667. The molecule has 0 aromatic carbocycles. The van der Waals surface area contributed by atoms with Gasteiger partial charge < -0.3 is 9.84 Å². The Balaban J connectivity index is 1.39. The van der Waals surface area contributed by atoms with Gasteiger partial charge in [-0.2, -0.15) is 0 Å². The lowest BCUT2D eigenvalue weighted by molar-refractivity contribution is -0.156. The summed E-state index contributed by atoms with van der Waals surface area (Å²) in [5.74, 6) is 3.47. The second-order valence-corrected chi connectivity index (χ2v) is 11.9. The van der Waals surface area contributed by atoms with E-state index in [1.165, 1.54) is 32.1 Å². The van der Waals surface area contributed by atoms with Crippen molar-refractivity contribution < 1.29 is 14.6 Å². The standard InChI is InChI=1S/C25H40ClNO3/c1-24-8-7-19-17(18(24)5-6-20(24)23(29)15-26)4-3-16-13-22(28)21(14-25(16,19)2)27-9-11-30-12-10-27/h16-22,28H,3-15H2,1-2H3/t16?,17-,18-,19-,20+,21?,22?,24-,25-/m0/s1. The number of aliphatic hydroxyl groups excluding tert-OH is 1. The molecule has 1 aliphatic heterocycles. The number of Topliss-reactive ketones (excluding diaryl/α,β-unsaturated/α-hetero) is 1. The third-order valence-electron chi connectivity index (χ3n) is 10.7. The van der Waals surface area contributed by atoms with Crippen LogP contribution in [0.3, 0.4) is 0 Å². The van der Waals surface area contributed by atoms with Crippen LogP contribution in [0.1, 0.15) is 65.2 Å². The van der Waals surface area contributed by atoms with Crippen LogP contribution in [0.25, 0.3) is 0 Å². The SMILES string of the molecule is C[C@]12CC[C@H]3[C@@H](CCC4CC(O)C(N5CCOCC5)C[C@@]43C)[C@@H]1CC[C@@H]2C(=O)CCl. The number of fused-ring (bicyclic) bond motifs is 5. The Kier molecular flexibility index (Phi) is 5.78. The second-order valence-electron chi connectivity index (χ2n) is 11.7. The van der Waals surface area contributed by atoms with E-state index >= 15 is 0 Å². The van der Waals surface area contributed by atoms with Gasteiger partial charge in [0.1, 0.15) is 0 Å². The van der Waals surface area contributed by atoms with Crippen LogP contribution in [0.2, 0.25) is 0 Å². The first-order valence-electron chi connectivity index (χ1n) is 12.5. The lowest BCUT2D eigenvalue weighted by Gasteiger charge is -2.62. The van der Waals surface area contributed by atoms with E-state index in [4.69, 9.17) is 16.3 Å². The average molecular weight is 438 g/mol. The van der Waals surface area contributed by atoms with Gasteiger partial charge in [-0.1, -0.05) is 13.8 Å². The quantitative estimate of drug-likeness (QED) is 0.674. The van der Waals surface area contributed by atoms with Crippen LogP contribution >= 0.6 is 11.6 Å². The van der Waals surface area contributed by atoms with E-state index in [1.807, 2.05) is 0 Å². The minimum absolute atomic E-state index is 0.161. The van der Waals surface area contributed by atoms with Crippen molar-refractivity contribution in [3.63, 3.8) is 0 Å². The van der Waals surface area contributed by atoms with Crippen molar-refractivity contribution in [1.29, 1.82) is 0 Å². The molecule has 1 saturated heterocycles. The van der Waals surface area contributed by atoms with Crippen molar-refractivity contribution in [2.75, 3.05) is 32.2 Å². The maximum atomic E-state index is 12.6. The molecule has 1 N–H and O–H groups in total. The topological polar surface area (TPSA) is 49.8 Å². The van der Waals surface area contributed by atoms with Gasteiger partial charge in [-0.25, -0.2) is 0 Å². The molecule has 0 spiro atoms. The van der Waals surface area contributed by atoms with Crippen molar-refractivity contribution in [2.45, 2.75) is 77.4 Å². The molecule has 0 aromatic rings. The highest BCUT2D eigenvalue weighted by molar-refractivity contribution is 6.28. The Morgan fingerprint density at radius 3 is 2.53 bits per heavy atom. The highest BCUT2D eigenvalue weighted by Gasteiger charge is 2.62. The van der Waals surface area contributed by atoms with Crippen molar-refractivity contribution >= 4 is 17.4 Å². The van der Waals surface area contributed by atoms with Gasteiger partial charge in [0.15, 0.2) is 5.78 Å². The number of ether oxygens (including phenoxy) is 1. The van der Waals surface area contributed by atoms with Crippen molar-refractivity contribution in [2.24, 2.45) is 40.4 Å². The molecule has 9 atom stereocenters. The van der Waals surface area contributed by atoms with Gasteiger partial charge in [0.2, 0.25) is 0 Å². The fourth-order valence-electron chi connectivity index (χ4n) is 9.18. The smallest absolute Gasteiger partial charge is 0.151 e. The third-order valence-corrected chi connectivity index (χ3v) is 11.0. The summed E-state index contributed by atoms with van der Waals surface area (Å²) in [6.45, 7) is 8.48. The predicted molar refractivity (Wildman–Crippen MR) is 119 cm³/mol. The summed E-state index contributed by atoms with van der Waals surface area (Å²) in [5.41, 5.74) is 0.481. The molecule has 4 nitrogen and oxygen atoms in total. The van der Waals surface area contributed by atoms with E-state index in [9.17, 15) is 9.90 Å². The maximum Gasteiger partial charge on any atom is 0.151 e. The zero-order valence-electron chi connectivity index (χ0n) is 18.8. The molecule has 5 fully saturated rings. The molecule has 30 heavy (non-hydrogen) atoms. The van der Waals surface area contributed by atoms with Crippen LogP contribution in [0.4, 0.5) is 0 Å². The van der Waals surface area contributed by atoms with Crippen LogP contribution in [0, 0.1) is 40.4 Å². The van der Waals surface area contributed by atoms with Gasteiger partial charge in [-0.05, 0) is 85.9 Å². The maximum absolute atomic E-state index is 12.6. The Labute approximate surface area is 187 Å². The van der Waals surface area contributed by atoms with Gasteiger partial charge in [-0.15, -0.1) is 11.6 Å². The predicted octanol–water partition coefficient (Wildman–Crippen LogP) is 4.12. The summed E-state index contributed by atoms with van der Waals surface area (Å²) in [6, 6.07) is 0.288. The van der Waals surface area contributed by atoms with Gasteiger partial charge >= 0.3 is 0 Å². The summed E-state index contributed by atoms with van der Waals surface area (Å²) >= 11 is 5.99. The monoisotopic (exact) mass is 437 g/mol. The molecule has 4 aliphatic carbocycles. The van der Waals surface area contributed by atoms with E-state index in [2.05, 4.69) is 18.7 Å². The van der Waals surface area contributed by atoms with Crippen molar-refractivity contribution in [1.82, 2.24) is 4.90 Å². The normalized spacial score (nSPS) is 51.7. The van der Waals surface area contributed by atoms with Crippen LogP contribution in [0.5, 0.6) is 0 Å². The minimum Gasteiger partial charge on any atom is -0.391 e. The summed E-state index contributed by atoms with van der Waals surface area (Å²) < 4.78 is 5.58. The highest BCUT2D eigenvalue weighted by atomic mass is 35.5. The molecule has 3 unspecified atom stereocenters. The summed E-state index contributed by atoms with van der Waals surface area (Å²) in [5, 5.41) is 11.1. The van der Waals surface area contributed by atoms with Crippen molar-refractivity contribution in [3.05, 3.63) is 0 Å². The number of rotatable bonds is 3. The van der Waals surface area contributed by atoms with Crippen LogP contribution in [-0.4, -0.2) is 60.1 Å². The number of hydrogen-bond donors (Lipinski definition) is 1. The molecule has 0 aromatic heterocycles. The molecule has 5 rings (SSSR count). The Hall–Kier alpha value is -0.160. The van der Waals surface area contributed by atoms with Gasteiger partial charge in [-0.3, -0.25) is 9.69 Å². The van der Waals surface area contributed by atoms with Crippen LogP contribution < -0.4 is 0 Å². The average Bonchev–Trinajstić information content (AvgIpc) is 3.11. The number of alkyl halides is 1. The van der Waals surface area contributed by atoms with Gasteiger partial charge in [0.05, 0.1) is 25.2 Å². The molecule has 0 bridgehead atoms. The number of aliphatic hydroxyl groups is 1. The lowest BCUT2D eigenvalue weighted by Crippen LogP contribution is -2.60. The van der Waals surface area contributed by atoms with Gasteiger partial charge in [0.25, 0.3) is 0 Å². The first kappa shape index (κ1) is 21.7. The summed E-state index contributed by atoms with van der Waals surface area (Å²) in [7, 11) is 0. The van der Waals surface area contributed by atoms with Gasteiger partial charge in [0, 0.05) is 25.0 Å². The highest BCUT2D eigenvalue weighted by Crippen LogP contribution is 2.67. The summed E-state index contributed by atoms with van der Waals surface area (Å²) in [6.07, 6.45) is 9.15. The fourth-order valence-corrected chi connectivity index (χ4v) is 9.37. The largest absolute Gasteiger partial charge is 0.391 e.